The lowest BCUT2D eigenvalue weighted by molar-refractivity contribution is -0.133. The van der Waals surface area contributed by atoms with Crippen LogP contribution in [0.3, 0.4) is 0 Å². The van der Waals surface area contributed by atoms with E-state index in [-0.39, 0.29) is 23.9 Å². The molecule has 0 unspecified atom stereocenters. The first-order valence-electron chi connectivity index (χ1n) is 7.71. The third kappa shape index (κ3) is 5.43. The van der Waals surface area contributed by atoms with Crippen LogP contribution in [0.5, 0.6) is 0 Å². The van der Waals surface area contributed by atoms with Gasteiger partial charge in [-0.3, -0.25) is 9.59 Å². The number of nitrogens with zero attached hydrogens (tertiary/aromatic N) is 1. The molecule has 1 saturated heterocycles. The average Bonchev–Trinajstić information content (AvgIpc) is 2.51. The van der Waals surface area contributed by atoms with Crippen molar-refractivity contribution in [1.29, 1.82) is 0 Å². The Hall–Kier alpha value is -2.25. The molecule has 1 aliphatic heterocycles. The molecule has 1 fully saturated rings. The first-order chi connectivity index (χ1) is 11.2. The van der Waals surface area contributed by atoms with Crippen LogP contribution in [0.15, 0.2) is 24.3 Å². The van der Waals surface area contributed by atoms with Crippen molar-refractivity contribution in [2.45, 2.75) is 25.4 Å². The molecule has 2 rings (SSSR count). The van der Waals surface area contributed by atoms with Gasteiger partial charge in [0.15, 0.2) is 0 Å². The second-order valence-corrected chi connectivity index (χ2v) is 5.93. The van der Waals surface area contributed by atoms with E-state index >= 15 is 0 Å². The molecule has 0 saturated carbocycles. The molecule has 5 nitrogen and oxygen atoms in total. The van der Waals surface area contributed by atoms with Crippen LogP contribution in [0.25, 0.3) is 0 Å². The number of amides is 2. The number of likely N-dealkylation sites (tertiary alicyclic amines) is 1. The van der Waals surface area contributed by atoms with E-state index in [1.54, 1.807) is 11.0 Å². The highest BCUT2D eigenvalue weighted by molar-refractivity contribution is 5.82. The molecule has 1 heterocycles. The number of carbonyl (C=O) groups is 2. The minimum Gasteiger partial charge on any atom is -0.376 e. The smallest absolute Gasteiger partial charge is 0.376 e. The zero-order chi connectivity index (χ0) is 17.7. The zero-order valence-electron chi connectivity index (χ0n) is 13.1. The van der Waals surface area contributed by atoms with Gasteiger partial charge in [0.05, 0.1) is 18.9 Å². The van der Waals surface area contributed by atoms with E-state index in [1.165, 1.54) is 18.2 Å². The van der Waals surface area contributed by atoms with Crippen LogP contribution in [0, 0.1) is 5.92 Å². The van der Waals surface area contributed by atoms with Gasteiger partial charge in [-0.05, 0) is 30.5 Å². The maximum atomic E-state index is 12.4. The van der Waals surface area contributed by atoms with Crippen molar-refractivity contribution in [2.24, 2.45) is 11.7 Å². The van der Waals surface area contributed by atoms with Crippen molar-refractivity contribution < 1.29 is 22.8 Å². The van der Waals surface area contributed by atoms with Gasteiger partial charge < -0.3 is 16.0 Å². The first-order valence-corrected chi connectivity index (χ1v) is 7.71. The normalized spacial score (nSPS) is 18.3. The number of benzene rings is 1. The number of hydrogen-bond acceptors (Lipinski definition) is 3. The summed E-state index contributed by atoms with van der Waals surface area (Å²) >= 11 is 0. The van der Waals surface area contributed by atoms with Crippen molar-refractivity contribution in [3.8, 4) is 0 Å². The lowest BCUT2D eigenvalue weighted by atomic mass is 9.97. The number of rotatable bonds is 5. The number of piperidine rings is 1. The molecular formula is C16H20F3N3O2. The van der Waals surface area contributed by atoms with Gasteiger partial charge in [-0.1, -0.05) is 12.1 Å². The van der Waals surface area contributed by atoms with Crippen LogP contribution in [0.1, 0.15) is 18.4 Å². The Kier molecular flexibility index (Phi) is 5.69. The Balaban J connectivity index is 1.89. The van der Waals surface area contributed by atoms with E-state index in [1.807, 2.05) is 0 Å². The summed E-state index contributed by atoms with van der Waals surface area (Å²) in [5.41, 5.74) is 5.86. The average molecular weight is 343 g/mol. The van der Waals surface area contributed by atoms with Crippen LogP contribution < -0.4 is 11.1 Å². The minimum absolute atomic E-state index is 0.0407. The Labute approximate surface area is 138 Å². The molecule has 8 heteroatoms. The molecule has 0 bridgehead atoms. The summed E-state index contributed by atoms with van der Waals surface area (Å²) in [6.07, 6.45) is -3.90. The lowest BCUT2D eigenvalue weighted by Crippen LogP contribution is -2.45. The Morgan fingerprint density at radius 2 is 2.08 bits per heavy atom. The summed E-state index contributed by atoms with van der Waals surface area (Å²) in [6, 6.07) is 5.89. The third-order valence-corrected chi connectivity index (χ3v) is 3.95. The van der Waals surface area contributed by atoms with Crippen molar-refractivity contribution >= 4 is 17.5 Å². The van der Waals surface area contributed by atoms with Gasteiger partial charge >= 0.3 is 6.18 Å². The zero-order valence-corrected chi connectivity index (χ0v) is 13.1. The number of primary amides is 1. The molecule has 0 radical (unpaired) electrons. The predicted octanol–water partition coefficient (Wildman–Crippen LogP) is 1.93. The summed E-state index contributed by atoms with van der Waals surface area (Å²) < 4.78 is 37.2. The molecule has 0 spiro atoms. The van der Waals surface area contributed by atoms with Crippen LogP contribution >= 0.6 is 0 Å². The number of anilines is 1. The van der Waals surface area contributed by atoms with Gasteiger partial charge in [0.25, 0.3) is 0 Å². The highest BCUT2D eigenvalue weighted by Crippen LogP contribution is 2.23. The Morgan fingerprint density at radius 3 is 2.75 bits per heavy atom. The van der Waals surface area contributed by atoms with E-state index in [9.17, 15) is 22.8 Å². The van der Waals surface area contributed by atoms with E-state index in [0.29, 0.717) is 31.6 Å². The third-order valence-electron chi connectivity index (χ3n) is 3.95. The summed E-state index contributed by atoms with van der Waals surface area (Å²) in [7, 11) is 0. The Bertz CT molecular complexity index is 604. The van der Waals surface area contributed by atoms with Gasteiger partial charge in [-0.15, -0.1) is 0 Å². The van der Waals surface area contributed by atoms with Gasteiger partial charge in [0.2, 0.25) is 11.8 Å². The highest BCUT2D eigenvalue weighted by atomic mass is 19.4. The minimum atomic E-state index is -4.27. The molecule has 3 N–H and O–H groups in total. The van der Waals surface area contributed by atoms with E-state index < -0.39 is 18.5 Å². The first kappa shape index (κ1) is 18.1. The van der Waals surface area contributed by atoms with Gasteiger partial charge in [0, 0.05) is 18.8 Å². The van der Waals surface area contributed by atoms with Crippen LogP contribution in [-0.4, -0.2) is 42.5 Å². The number of carbonyl (C=O) groups excluding carboxylic acids is 2. The molecular weight excluding hydrogens is 323 g/mol. The molecule has 2 amide bonds. The standard InChI is InChI=1S/C16H20F3N3O2/c17-16(18,19)8-11-3-1-5-13(7-11)21-9-14(23)22-6-2-4-12(10-22)15(20)24/h1,3,5,7,12,21H,2,4,6,8-10H2,(H2,20,24)/t12-/m0/s1. The lowest BCUT2D eigenvalue weighted by Gasteiger charge is -2.31. The molecule has 24 heavy (non-hydrogen) atoms. The molecule has 1 atom stereocenters. The topological polar surface area (TPSA) is 75.4 Å². The monoisotopic (exact) mass is 343 g/mol. The SMILES string of the molecule is NC(=O)[C@H]1CCCN(C(=O)CNc2cccc(CC(F)(F)F)c2)C1. The second kappa shape index (κ2) is 7.55. The van der Waals surface area contributed by atoms with E-state index in [2.05, 4.69) is 5.32 Å². The summed E-state index contributed by atoms with van der Waals surface area (Å²) in [5, 5.41) is 2.84. The van der Waals surface area contributed by atoms with Crippen LogP contribution in [-0.2, 0) is 16.0 Å². The fraction of sp³-hybridized carbons (Fsp3) is 0.500. The number of nitrogens with one attached hydrogen (secondary N) is 1. The van der Waals surface area contributed by atoms with Crippen molar-refractivity contribution in [3.05, 3.63) is 29.8 Å². The molecule has 1 aliphatic rings. The summed E-state index contributed by atoms with van der Waals surface area (Å²) in [4.78, 5) is 25.0. The molecule has 0 aromatic heterocycles. The summed E-state index contributed by atoms with van der Waals surface area (Å²) in [5.74, 6) is -0.958. The van der Waals surface area contributed by atoms with E-state index in [0.717, 1.165) is 0 Å². The number of hydrogen-bond donors (Lipinski definition) is 2. The molecule has 132 valence electrons. The van der Waals surface area contributed by atoms with Crippen molar-refractivity contribution in [1.82, 2.24) is 4.90 Å². The quantitative estimate of drug-likeness (QED) is 0.858. The fourth-order valence-electron chi connectivity index (χ4n) is 2.75. The molecule has 0 aliphatic carbocycles. The van der Waals surface area contributed by atoms with Crippen LogP contribution in [0.2, 0.25) is 0 Å². The predicted molar refractivity (Wildman–Crippen MR) is 83.2 cm³/mol. The number of nitrogens with two attached hydrogens (primary N) is 1. The van der Waals surface area contributed by atoms with Crippen LogP contribution in [0.4, 0.5) is 18.9 Å². The maximum Gasteiger partial charge on any atom is 0.393 e. The second-order valence-electron chi connectivity index (χ2n) is 5.93. The van der Waals surface area contributed by atoms with Gasteiger partial charge in [0.1, 0.15) is 0 Å². The fourth-order valence-corrected chi connectivity index (χ4v) is 2.75. The van der Waals surface area contributed by atoms with Crippen molar-refractivity contribution in [3.63, 3.8) is 0 Å². The maximum absolute atomic E-state index is 12.4. The van der Waals surface area contributed by atoms with Gasteiger partial charge in [-0.2, -0.15) is 13.2 Å². The highest BCUT2D eigenvalue weighted by Gasteiger charge is 2.28. The Morgan fingerprint density at radius 1 is 1.33 bits per heavy atom. The molecule has 1 aromatic rings. The molecule has 1 aromatic carbocycles. The van der Waals surface area contributed by atoms with Crippen molar-refractivity contribution in [2.75, 3.05) is 25.0 Å². The number of alkyl halides is 3. The largest absolute Gasteiger partial charge is 0.393 e. The summed E-state index contributed by atoms with van der Waals surface area (Å²) in [6.45, 7) is 0.809. The number of halogens is 3. The van der Waals surface area contributed by atoms with E-state index in [4.69, 9.17) is 5.73 Å². The van der Waals surface area contributed by atoms with Gasteiger partial charge in [-0.25, -0.2) is 0 Å².